The Morgan fingerprint density at radius 1 is 1.20 bits per heavy atom. The molecule has 0 saturated heterocycles. The van der Waals surface area contributed by atoms with Crippen molar-refractivity contribution < 1.29 is 9.90 Å². The maximum Gasteiger partial charge on any atom is 0.303 e. The molecule has 2 bridgehead atoms. The minimum atomic E-state index is -0.584. The Balaban J connectivity index is 0.000000404. The van der Waals surface area contributed by atoms with Crippen LogP contribution in [0.25, 0.3) is 0 Å². The molecule has 1 unspecified atom stereocenters. The number of fused-ring (bicyclic) bond motifs is 1. The third-order valence-corrected chi connectivity index (χ3v) is 4.73. The Hall–Kier alpha value is -0.570. The van der Waals surface area contributed by atoms with E-state index in [1.807, 2.05) is 0 Å². The Morgan fingerprint density at radius 3 is 2.53 bits per heavy atom. The normalized spacial score (nSPS) is 45.1. The molecule has 0 heterocycles. The topological polar surface area (TPSA) is 63.3 Å². The van der Waals surface area contributed by atoms with Crippen molar-refractivity contribution in [2.45, 2.75) is 32.1 Å². The molecule has 3 aliphatic rings. The van der Waals surface area contributed by atoms with Crippen molar-refractivity contribution in [3.63, 3.8) is 0 Å². The highest BCUT2D eigenvalue weighted by atomic mass is 16.4. The van der Waals surface area contributed by atoms with E-state index in [4.69, 9.17) is 5.11 Å². The van der Waals surface area contributed by atoms with Crippen LogP contribution in [-0.4, -0.2) is 18.1 Å². The zero-order valence-electron chi connectivity index (χ0n) is 9.36. The summed E-state index contributed by atoms with van der Waals surface area (Å²) >= 11 is 0. The number of hydrogen-bond acceptors (Lipinski definition) is 2. The molecule has 3 N–H and O–H groups in total. The molecule has 0 aromatic heterocycles. The molecule has 0 aliphatic heterocycles. The molecular weight excluding hydrogens is 190 g/mol. The average molecular weight is 211 g/mol. The van der Waals surface area contributed by atoms with E-state index in [9.17, 15) is 4.79 Å². The molecule has 0 amide bonds. The number of hydrogen-bond donors (Lipinski definition) is 2. The van der Waals surface area contributed by atoms with Crippen LogP contribution in [0.15, 0.2) is 0 Å². The van der Waals surface area contributed by atoms with Gasteiger partial charge in [0.25, 0.3) is 0 Å². The molecule has 3 rings (SSSR count). The molecule has 5 atom stereocenters. The van der Waals surface area contributed by atoms with Gasteiger partial charge in [-0.05, 0) is 55.9 Å². The fourth-order valence-electron chi connectivity index (χ4n) is 4.29. The summed E-state index contributed by atoms with van der Waals surface area (Å²) in [6.07, 6.45) is 5.92. The third-order valence-electron chi connectivity index (χ3n) is 4.73. The predicted octanol–water partition coefficient (Wildman–Crippen LogP) is 1.72. The van der Waals surface area contributed by atoms with Crippen molar-refractivity contribution >= 4 is 5.97 Å². The van der Waals surface area contributed by atoms with Gasteiger partial charge in [-0.2, -0.15) is 0 Å². The van der Waals surface area contributed by atoms with E-state index in [0.29, 0.717) is 12.3 Å². The van der Waals surface area contributed by atoms with Crippen LogP contribution >= 0.6 is 0 Å². The Morgan fingerprint density at radius 2 is 1.87 bits per heavy atom. The molecule has 15 heavy (non-hydrogen) atoms. The first-order valence-electron chi connectivity index (χ1n) is 6.05. The fraction of sp³-hybridized carbons (Fsp3) is 0.917. The van der Waals surface area contributed by atoms with E-state index >= 15 is 0 Å². The quantitative estimate of drug-likeness (QED) is 0.731. The van der Waals surface area contributed by atoms with E-state index in [1.165, 1.54) is 32.7 Å². The van der Waals surface area contributed by atoms with Crippen LogP contribution < -0.4 is 5.73 Å². The van der Waals surface area contributed by atoms with Gasteiger partial charge in [0.15, 0.2) is 0 Å². The highest BCUT2D eigenvalue weighted by molar-refractivity contribution is 5.67. The summed E-state index contributed by atoms with van der Waals surface area (Å²) in [6, 6.07) is 0. The van der Waals surface area contributed by atoms with E-state index in [2.05, 4.69) is 5.73 Å². The number of carbonyl (C=O) groups is 1. The summed E-state index contributed by atoms with van der Waals surface area (Å²) in [5, 5.41) is 8.80. The number of aliphatic carboxylic acids is 1. The van der Waals surface area contributed by atoms with Crippen molar-refractivity contribution in [1.29, 1.82) is 0 Å². The van der Waals surface area contributed by atoms with Gasteiger partial charge in [-0.1, -0.05) is 6.42 Å². The number of nitrogens with two attached hydrogens (primary N) is 1. The van der Waals surface area contributed by atoms with E-state index < -0.39 is 5.97 Å². The maximum atomic E-state index is 10.7. The molecule has 0 aromatic rings. The molecular formula is C12H21NO2. The molecule has 3 heteroatoms. The lowest BCUT2D eigenvalue weighted by atomic mass is 9.55. The van der Waals surface area contributed by atoms with Crippen LogP contribution in [0, 0.1) is 29.6 Å². The molecule has 0 aromatic carbocycles. The third kappa shape index (κ3) is 1.67. The van der Waals surface area contributed by atoms with Gasteiger partial charge in [-0.25, -0.2) is 0 Å². The van der Waals surface area contributed by atoms with Crippen molar-refractivity contribution in [3.05, 3.63) is 0 Å². The Kier molecular flexibility index (Phi) is 3.01. The van der Waals surface area contributed by atoms with E-state index in [1.54, 1.807) is 0 Å². The van der Waals surface area contributed by atoms with Gasteiger partial charge < -0.3 is 10.8 Å². The van der Waals surface area contributed by atoms with Gasteiger partial charge in [0.1, 0.15) is 0 Å². The molecule has 0 radical (unpaired) electrons. The summed E-state index contributed by atoms with van der Waals surface area (Å²) in [4.78, 5) is 10.7. The largest absolute Gasteiger partial charge is 0.481 e. The first-order valence-corrected chi connectivity index (χ1v) is 6.05. The van der Waals surface area contributed by atoms with E-state index in [-0.39, 0.29) is 0 Å². The monoisotopic (exact) mass is 211 g/mol. The predicted molar refractivity (Wildman–Crippen MR) is 58.3 cm³/mol. The van der Waals surface area contributed by atoms with Gasteiger partial charge in [0.05, 0.1) is 0 Å². The lowest BCUT2D eigenvalue weighted by Gasteiger charge is -2.49. The van der Waals surface area contributed by atoms with E-state index in [0.717, 1.165) is 23.7 Å². The van der Waals surface area contributed by atoms with Crippen molar-refractivity contribution in [1.82, 2.24) is 0 Å². The van der Waals surface area contributed by atoms with Gasteiger partial charge in [0, 0.05) is 6.42 Å². The van der Waals surface area contributed by atoms with Crippen LogP contribution in [-0.2, 0) is 4.79 Å². The van der Waals surface area contributed by atoms with Gasteiger partial charge in [-0.3, -0.25) is 4.79 Å². The second kappa shape index (κ2) is 4.12. The molecule has 3 saturated carbocycles. The highest BCUT2D eigenvalue weighted by Crippen LogP contribution is 2.64. The SMILES string of the molecule is CN.O=C(O)CC1[C@H]2CC[C@@H]3C[C@H]2[C@H]1C3. The summed E-state index contributed by atoms with van der Waals surface area (Å²) < 4.78 is 0. The molecule has 3 aliphatic carbocycles. The second-order valence-electron chi connectivity index (χ2n) is 5.17. The fourth-order valence-corrected chi connectivity index (χ4v) is 4.29. The van der Waals surface area contributed by atoms with Gasteiger partial charge in [0.2, 0.25) is 0 Å². The van der Waals surface area contributed by atoms with Gasteiger partial charge >= 0.3 is 5.97 Å². The minimum Gasteiger partial charge on any atom is -0.481 e. The summed E-state index contributed by atoms with van der Waals surface area (Å²) in [6.45, 7) is 0. The summed E-state index contributed by atoms with van der Waals surface area (Å²) in [5.74, 6) is 3.45. The smallest absolute Gasteiger partial charge is 0.303 e. The molecule has 3 fully saturated rings. The van der Waals surface area contributed by atoms with Crippen LogP contribution in [0.3, 0.4) is 0 Å². The summed E-state index contributed by atoms with van der Waals surface area (Å²) in [5.41, 5.74) is 4.50. The first kappa shape index (κ1) is 10.9. The zero-order valence-corrected chi connectivity index (χ0v) is 9.36. The lowest BCUT2D eigenvalue weighted by Crippen LogP contribution is -2.44. The van der Waals surface area contributed by atoms with Crippen LogP contribution in [0.4, 0.5) is 0 Å². The first-order chi connectivity index (χ1) is 7.25. The average Bonchev–Trinajstić information content (AvgIpc) is 2.40. The zero-order chi connectivity index (χ0) is 11.0. The van der Waals surface area contributed by atoms with Crippen LogP contribution in [0.1, 0.15) is 32.1 Å². The summed E-state index contributed by atoms with van der Waals surface area (Å²) in [7, 11) is 1.50. The minimum absolute atomic E-state index is 0.443. The van der Waals surface area contributed by atoms with Crippen molar-refractivity contribution in [2.75, 3.05) is 7.05 Å². The van der Waals surface area contributed by atoms with Crippen molar-refractivity contribution in [3.8, 4) is 0 Å². The highest BCUT2D eigenvalue weighted by Gasteiger charge is 2.57. The maximum absolute atomic E-state index is 10.7. The van der Waals surface area contributed by atoms with Crippen molar-refractivity contribution in [2.24, 2.45) is 35.3 Å². The lowest BCUT2D eigenvalue weighted by molar-refractivity contribution is -0.142. The standard InChI is InChI=1S/C11H16O2.CH5N/c12-11(13)5-10-7-2-1-6-3-8(7)9(10)4-6;1-2/h6-10H,1-5H2,(H,12,13);2H2,1H3/t6-,7+,8-,9-,10?;/m1./s1. The Bertz CT molecular complexity index is 248. The number of rotatable bonds is 2. The van der Waals surface area contributed by atoms with Gasteiger partial charge in [-0.15, -0.1) is 0 Å². The molecule has 0 spiro atoms. The molecule has 3 nitrogen and oxygen atoms in total. The van der Waals surface area contributed by atoms with Crippen LogP contribution in [0.2, 0.25) is 0 Å². The number of carboxylic acids is 1. The van der Waals surface area contributed by atoms with Crippen LogP contribution in [0.5, 0.6) is 0 Å². The number of carboxylic acid groups (broad SMARTS) is 1. The second-order valence-corrected chi connectivity index (χ2v) is 5.17. The Labute approximate surface area is 91.0 Å². The molecule has 86 valence electrons.